The van der Waals surface area contributed by atoms with Crippen LogP contribution in [-0.2, 0) is 10.0 Å². The van der Waals surface area contributed by atoms with Crippen molar-refractivity contribution < 1.29 is 12.8 Å². The Morgan fingerprint density at radius 3 is 2.59 bits per heavy atom. The van der Waals surface area contributed by atoms with Crippen LogP contribution >= 0.6 is 0 Å². The van der Waals surface area contributed by atoms with E-state index < -0.39 is 15.8 Å². The van der Waals surface area contributed by atoms with Crippen molar-refractivity contribution in [3.8, 4) is 0 Å². The molecule has 6 heteroatoms. The van der Waals surface area contributed by atoms with E-state index in [1.54, 1.807) is 13.0 Å². The summed E-state index contributed by atoms with van der Waals surface area (Å²) in [6, 6.07) is 4.10. The molecule has 2 N–H and O–H groups in total. The molecule has 96 valence electrons. The molecule has 0 radical (unpaired) electrons. The summed E-state index contributed by atoms with van der Waals surface area (Å²) < 4.78 is 38.7. The molecule has 0 saturated heterocycles. The van der Waals surface area contributed by atoms with Crippen LogP contribution in [0.4, 0.5) is 10.1 Å². The number of anilines is 1. The van der Waals surface area contributed by atoms with Crippen molar-refractivity contribution in [2.24, 2.45) is 0 Å². The number of rotatable bonds is 6. The van der Waals surface area contributed by atoms with Gasteiger partial charge in [0.05, 0.1) is 11.4 Å². The molecule has 0 fully saturated rings. The van der Waals surface area contributed by atoms with Crippen molar-refractivity contribution in [2.45, 2.75) is 13.8 Å². The van der Waals surface area contributed by atoms with Gasteiger partial charge in [0.25, 0.3) is 0 Å². The van der Waals surface area contributed by atoms with E-state index in [1.165, 1.54) is 6.07 Å². The quantitative estimate of drug-likeness (QED) is 0.762. The van der Waals surface area contributed by atoms with E-state index in [4.69, 9.17) is 0 Å². The van der Waals surface area contributed by atoms with Gasteiger partial charge in [0.2, 0.25) is 10.0 Å². The van der Waals surface area contributed by atoms with E-state index in [-0.39, 0.29) is 11.4 Å². The second kappa shape index (κ2) is 5.97. The molecule has 0 saturated carbocycles. The maximum absolute atomic E-state index is 13.1. The second-order valence-corrected chi connectivity index (χ2v) is 5.63. The Kier molecular flexibility index (Phi) is 4.89. The SMILES string of the molecule is CCNCCS(=O)(=O)Nc1cc(C)cc(F)c1. The predicted octanol–water partition coefficient (Wildman–Crippen LogP) is 1.49. The normalized spacial score (nSPS) is 11.5. The third-order valence-electron chi connectivity index (χ3n) is 2.11. The molecule has 1 rings (SSSR count). The van der Waals surface area contributed by atoms with Gasteiger partial charge in [-0.25, -0.2) is 12.8 Å². The Balaban J connectivity index is 2.69. The van der Waals surface area contributed by atoms with Gasteiger partial charge >= 0.3 is 0 Å². The average Bonchev–Trinajstić information content (AvgIpc) is 2.14. The Morgan fingerprint density at radius 1 is 1.29 bits per heavy atom. The summed E-state index contributed by atoms with van der Waals surface area (Å²) in [5.74, 6) is -0.481. The minimum Gasteiger partial charge on any atom is -0.316 e. The molecule has 0 aromatic heterocycles. The van der Waals surface area contributed by atoms with Gasteiger partial charge < -0.3 is 5.32 Å². The monoisotopic (exact) mass is 260 g/mol. The van der Waals surface area contributed by atoms with Crippen LogP contribution in [0.2, 0.25) is 0 Å². The van der Waals surface area contributed by atoms with Crippen LogP contribution in [0.1, 0.15) is 12.5 Å². The van der Waals surface area contributed by atoms with E-state index in [1.807, 2.05) is 6.92 Å². The molecule has 4 nitrogen and oxygen atoms in total. The molecule has 0 spiro atoms. The molecule has 0 heterocycles. The first-order valence-corrected chi connectivity index (χ1v) is 7.06. The van der Waals surface area contributed by atoms with E-state index in [2.05, 4.69) is 10.0 Å². The van der Waals surface area contributed by atoms with Gasteiger partial charge in [0, 0.05) is 6.54 Å². The summed E-state index contributed by atoms with van der Waals surface area (Å²) in [4.78, 5) is 0. The lowest BCUT2D eigenvalue weighted by atomic mass is 10.2. The lowest BCUT2D eigenvalue weighted by Crippen LogP contribution is -2.26. The zero-order chi connectivity index (χ0) is 12.9. The van der Waals surface area contributed by atoms with Crippen molar-refractivity contribution >= 4 is 15.7 Å². The standard InChI is InChI=1S/C11H17FN2O2S/c1-3-13-4-5-17(15,16)14-11-7-9(2)6-10(12)8-11/h6-8,13-14H,3-5H2,1-2H3. The third kappa shape index (κ3) is 5.14. The molecule has 1 aromatic rings. The lowest BCUT2D eigenvalue weighted by molar-refractivity contribution is 0.597. The van der Waals surface area contributed by atoms with Crippen LogP contribution in [0.25, 0.3) is 0 Å². The first-order chi connectivity index (χ1) is 7.93. The van der Waals surface area contributed by atoms with Crippen molar-refractivity contribution in [3.63, 3.8) is 0 Å². The summed E-state index contributed by atoms with van der Waals surface area (Å²) in [6.07, 6.45) is 0. The summed E-state index contributed by atoms with van der Waals surface area (Å²) in [7, 11) is -3.42. The summed E-state index contributed by atoms with van der Waals surface area (Å²) >= 11 is 0. The molecule has 0 bridgehead atoms. The molecule has 0 aliphatic rings. The topological polar surface area (TPSA) is 58.2 Å². The number of halogens is 1. The fraction of sp³-hybridized carbons (Fsp3) is 0.455. The molecule has 17 heavy (non-hydrogen) atoms. The van der Waals surface area contributed by atoms with Crippen molar-refractivity contribution in [2.75, 3.05) is 23.6 Å². The smallest absolute Gasteiger partial charge is 0.233 e. The van der Waals surface area contributed by atoms with Gasteiger partial charge in [0.1, 0.15) is 5.82 Å². The average molecular weight is 260 g/mol. The molecule has 0 aliphatic carbocycles. The predicted molar refractivity (Wildman–Crippen MR) is 67.1 cm³/mol. The molecule has 0 amide bonds. The van der Waals surface area contributed by atoms with E-state index in [9.17, 15) is 12.8 Å². The van der Waals surface area contributed by atoms with Crippen LogP contribution < -0.4 is 10.0 Å². The number of benzene rings is 1. The maximum atomic E-state index is 13.1. The Labute approximate surface area is 101 Å². The second-order valence-electron chi connectivity index (χ2n) is 3.79. The molecular formula is C11H17FN2O2S. The zero-order valence-corrected chi connectivity index (χ0v) is 10.8. The van der Waals surface area contributed by atoms with Gasteiger partial charge in [0.15, 0.2) is 0 Å². The molecule has 1 aromatic carbocycles. The number of sulfonamides is 1. The van der Waals surface area contributed by atoms with Crippen molar-refractivity contribution in [1.82, 2.24) is 5.32 Å². The van der Waals surface area contributed by atoms with Gasteiger partial charge in [-0.2, -0.15) is 0 Å². The van der Waals surface area contributed by atoms with Crippen LogP contribution in [0, 0.1) is 12.7 Å². The number of hydrogen-bond acceptors (Lipinski definition) is 3. The van der Waals surface area contributed by atoms with Gasteiger partial charge in [-0.05, 0) is 37.2 Å². The van der Waals surface area contributed by atoms with Crippen LogP contribution in [-0.4, -0.2) is 27.3 Å². The highest BCUT2D eigenvalue weighted by atomic mass is 32.2. The molecular weight excluding hydrogens is 243 g/mol. The number of nitrogens with one attached hydrogen (secondary N) is 2. The number of aryl methyl sites for hydroxylation is 1. The van der Waals surface area contributed by atoms with Crippen LogP contribution in [0.5, 0.6) is 0 Å². The molecule has 0 unspecified atom stereocenters. The summed E-state index contributed by atoms with van der Waals surface area (Å²) in [6.45, 7) is 4.70. The lowest BCUT2D eigenvalue weighted by Gasteiger charge is -2.09. The highest BCUT2D eigenvalue weighted by molar-refractivity contribution is 7.92. The fourth-order valence-corrected chi connectivity index (χ4v) is 2.40. The van der Waals surface area contributed by atoms with Crippen molar-refractivity contribution in [1.29, 1.82) is 0 Å². The van der Waals surface area contributed by atoms with E-state index in [0.717, 1.165) is 6.07 Å². The van der Waals surface area contributed by atoms with Gasteiger partial charge in [-0.3, -0.25) is 4.72 Å². The maximum Gasteiger partial charge on any atom is 0.233 e. The van der Waals surface area contributed by atoms with Crippen LogP contribution in [0.3, 0.4) is 0 Å². The highest BCUT2D eigenvalue weighted by Crippen LogP contribution is 2.14. The molecule has 0 atom stereocenters. The Bertz CT molecular complexity index is 454. The highest BCUT2D eigenvalue weighted by Gasteiger charge is 2.10. The summed E-state index contributed by atoms with van der Waals surface area (Å²) in [5.41, 5.74) is 0.938. The third-order valence-corrected chi connectivity index (χ3v) is 3.40. The Hall–Kier alpha value is -1.14. The first kappa shape index (κ1) is 13.9. The number of hydrogen-bond donors (Lipinski definition) is 2. The van der Waals surface area contributed by atoms with Gasteiger partial charge in [-0.15, -0.1) is 0 Å². The van der Waals surface area contributed by atoms with E-state index in [0.29, 0.717) is 18.7 Å². The largest absolute Gasteiger partial charge is 0.316 e. The fourth-order valence-electron chi connectivity index (χ4n) is 1.41. The van der Waals surface area contributed by atoms with E-state index >= 15 is 0 Å². The van der Waals surface area contributed by atoms with Crippen LogP contribution in [0.15, 0.2) is 18.2 Å². The van der Waals surface area contributed by atoms with Gasteiger partial charge in [-0.1, -0.05) is 6.92 Å². The first-order valence-electron chi connectivity index (χ1n) is 5.41. The van der Waals surface area contributed by atoms with Crippen molar-refractivity contribution in [3.05, 3.63) is 29.6 Å². The molecule has 0 aliphatic heterocycles. The minimum atomic E-state index is -3.42. The zero-order valence-electron chi connectivity index (χ0n) is 9.96. The summed E-state index contributed by atoms with van der Waals surface area (Å²) in [5, 5.41) is 2.92. The minimum absolute atomic E-state index is 0.0313. The Morgan fingerprint density at radius 2 is 2.00 bits per heavy atom.